The average molecular weight is 297 g/mol. The molecule has 0 unspecified atom stereocenters. The van der Waals surface area contributed by atoms with E-state index in [-0.39, 0.29) is 11.9 Å². The van der Waals surface area contributed by atoms with Crippen LogP contribution in [0.4, 0.5) is 11.5 Å². The molecule has 1 aromatic carbocycles. The van der Waals surface area contributed by atoms with Crippen LogP contribution in [0.1, 0.15) is 15.9 Å². The van der Waals surface area contributed by atoms with Gasteiger partial charge in [0, 0.05) is 19.7 Å². The zero-order valence-corrected chi connectivity index (χ0v) is 12.5. The molecule has 0 radical (unpaired) electrons. The van der Waals surface area contributed by atoms with E-state index in [0.29, 0.717) is 22.6 Å². The van der Waals surface area contributed by atoms with Crippen molar-refractivity contribution in [3.05, 3.63) is 41.6 Å². The van der Waals surface area contributed by atoms with Crippen LogP contribution >= 0.6 is 0 Å². The predicted molar refractivity (Wildman–Crippen MR) is 82.0 cm³/mol. The van der Waals surface area contributed by atoms with Crippen LogP contribution in [-0.4, -0.2) is 37.1 Å². The Morgan fingerprint density at radius 3 is 2.55 bits per heavy atom. The molecule has 0 atom stereocenters. The third-order valence-electron chi connectivity index (χ3n) is 2.88. The maximum absolute atomic E-state index is 12.2. The second kappa shape index (κ2) is 6.54. The van der Waals surface area contributed by atoms with E-state index in [4.69, 9.17) is 10.00 Å². The predicted octanol–water partition coefficient (Wildman–Crippen LogP) is 1.68. The summed E-state index contributed by atoms with van der Waals surface area (Å²) in [5.41, 5.74) is 1.41. The molecular formula is C15H15N5O2. The average Bonchev–Trinajstić information content (AvgIpc) is 2.55. The van der Waals surface area contributed by atoms with Crippen molar-refractivity contribution < 1.29 is 9.53 Å². The lowest BCUT2D eigenvalue weighted by molar-refractivity contribution is 0.102. The molecule has 22 heavy (non-hydrogen) atoms. The Balaban J connectivity index is 2.25. The number of methoxy groups -OCH3 is 1. The molecule has 2 aromatic rings. The molecule has 1 heterocycles. The van der Waals surface area contributed by atoms with Crippen molar-refractivity contribution in [2.24, 2.45) is 0 Å². The summed E-state index contributed by atoms with van der Waals surface area (Å²) in [5, 5.41) is 11.5. The van der Waals surface area contributed by atoms with E-state index < -0.39 is 0 Å². The second-order valence-corrected chi connectivity index (χ2v) is 4.63. The number of hydrogen-bond donors (Lipinski definition) is 1. The topological polar surface area (TPSA) is 91.1 Å². The minimum atomic E-state index is -0.304. The monoisotopic (exact) mass is 297 g/mol. The molecule has 0 aliphatic rings. The number of carbonyl (C=O) groups is 1. The van der Waals surface area contributed by atoms with Crippen molar-refractivity contribution in [2.45, 2.75) is 0 Å². The van der Waals surface area contributed by atoms with Crippen molar-refractivity contribution in [3.63, 3.8) is 0 Å². The highest BCUT2D eigenvalue weighted by Gasteiger charge is 2.13. The Kier molecular flexibility index (Phi) is 4.53. The van der Waals surface area contributed by atoms with Gasteiger partial charge >= 0.3 is 6.01 Å². The number of carbonyl (C=O) groups excluding carboxylic acids is 1. The lowest BCUT2D eigenvalue weighted by Crippen LogP contribution is -2.18. The van der Waals surface area contributed by atoms with Crippen LogP contribution in [0.15, 0.2) is 30.5 Å². The molecule has 0 aliphatic heterocycles. The van der Waals surface area contributed by atoms with Gasteiger partial charge in [0.25, 0.3) is 5.91 Å². The lowest BCUT2D eigenvalue weighted by Gasteiger charge is -2.16. The molecule has 0 saturated carbocycles. The molecule has 112 valence electrons. The molecule has 7 heteroatoms. The van der Waals surface area contributed by atoms with Crippen LogP contribution in [0.2, 0.25) is 0 Å². The number of hydrogen-bond acceptors (Lipinski definition) is 6. The van der Waals surface area contributed by atoms with Crippen LogP contribution in [0, 0.1) is 11.3 Å². The van der Waals surface area contributed by atoms with Gasteiger partial charge in [-0.15, -0.1) is 0 Å². The summed E-state index contributed by atoms with van der Waals surface area (Å²) in [6, 6.07) is 8.59. The van der Waals surface area contributed by atoms with E-state index >= 15 is 0 Å². The van der Waals surface area contributed by atoms with E-state index in [1.54, 1.807) is 43.3 Å². The van der Waals surface area contributed by atoms with Crippen LogP contribution in [-0.2, 0) is 0 Å². The first-order valence-corrected chi connectivity index (χ1v) is 6.45. The van der Waals surface area contributed by atoms with Crippen LogP contribution in [0.3, 0.4) is 0 Å². The Hall–Kier alpha value is -3.14. The first-order valence-electron chi connectivity index (χ1n) is 6.45. The van der Waals surface area contributed by atoms with E-state index in [2.05, 4.69) is 15.3 Å². The van der Waals surface area contributed by atoms with Gasteiger partial charge in [-0.3, -0.25) is 4.79 Å². The number of amides is 1. The minimum absolute atomic E-state index is 0.222. The van der Waals surface area contributed by atoms with Crippen LogP contribution in [0.25, 0.3) is 0 Å². The third kappa shape index (κ3) is 3.30. The summed E-state index contributed by atoms with van der Waals surface area (Å²) < 4.78 is 4.98. The maximum Gasteiger partial charge on any atom is 0.318 e. The molecule has 1 amide bonds. The first-order chi connectivity index (χ1) is 10.5. The molecule has 0 fully saturated rings. The quantitative estimate of drug-likeness (QED) is 0.923. The van der Waals surface area contributed by atoms with Gasteiger partial charge in [0.2, 0.25) is 0 Å². The standard InChI is InChI=1S/C15H15N5O2/c1-20(2)13-12(9-17-15(19-13)22-3)18-14(21)11-6-4-10(8-16)5-7-11/h4-7,9H,1-3H3,(H,18,21). The van der Waals surface area contributed by atoms with Crippen molar-refractivity contribution in [3.8, 4) is 12.1 Å². The highest BCUT2D eigenvalue weighted by Crippen LogP contribution is 2.23. The Bertz CT molecular complexity index is 720. The number of ether oxygens (including phenoxy) is 1. The summed E-state index contributed by atoms with van der Waals surface area (Å²) in [6.45, 7) is 0. The third-order valence-corrected chi connectivity index (χ3v) is 2.88. The van der Waals surface area contributed by atoms with Gasteiger partial charge in [0.15, 0.2) is 5.82 Å². The molecule has 0 spiro atoms. The van der Waals surface area contributed by atoms with Gasteiger partial charge < -0.3 is 15.0 Å². The summed E-state index contributed by atoms with van der Waals surface area (Å²) in [5.74, 6) is 0.232. The van der Waals surface area contributed by atoms with Gasteiger partial charge in [-0.2, -0.15) is 10.2 Å². The molecular weight excluding hydrogens is 282 g/mol. The molecule has 1 N–H and O–H groups in total. The molecule has 0 saturated heterocycles. The van der Waals surface area contributed by atoms with E-state index in [0.717, 1.165) is 0 Å². The number of nitriles is 1. The van der Waals surface area contributed by atoms with Gasteiger partial charge in [-0.25, -0.2) is 4.98 Å². The fourth-order valence-corrected chi connectivity index (χ4v) is 1.78. The molecule has 0 bridgehead atoms. The molecule has 7 nitrogen and oxygen atoms in total. The van der Waals surface area contributed by atoms with Crippen molar-refractivity contribution in [2.75, 3.05) is 31.4 Å². The van der Waals surface area contributed by atoms with E-state index in [1.807, 2.05) is 6.07 Å². The number of nitrogens with zero attached hydrogens (tertiary/aromatic N) is 4. The molecule has 0 aliphatic carbocycles. The maximum atomic E-state index is 12.2. The van der Waals surface area contributed by atoms with Crippen LogP contribution in [0.5, 0.6) is 6.01 Å². The van der Waals surface area contributed by atoms with Crippen molar-refractivity contribution in [1.29, 1.82) is 5.26 Å². The number of aromatic nitrogens is 2. The fourth-order valence-electron chi connectivity index (χ4n) is 1.78. The largest absolute Gasteiger partial charge is 0.467 e. The number of rotatable bonds is 4. The van der Waals surface area contributed by atoms with Crippen molar-refractivity contribution in [1.82, 2.24) is 9.97 Å². The highest BCUT2D eigenvalue weighted by atomic mass is 16.5. The normalized spacial score (nSPS) is 9.73. The number of nitrogens with one attached hydrogen (secondary N) is 1. The van der Waals surface area contributed by atoms with E-state index in [9.17, 15) is 4.79 Å². The van der Waals surface area contributed by atoms with Gasteiger partial charge in [0.1, 0.15) is 5.69 Å². The Morgan fingerprint density at radius 1 is 1.32 bits per heavy atom. The Morgan fingerprint density at radius 2 is 2.00 bits per heavy atom. The number of benzene rings is 1. The summed E-state index contributed by atoms with van der Waals surface area (Å²) in [6.07, 6.45) is 1.49. The second-order valence-electron chi connectivity index (χ2n) is 4.63. The minimum Gasteiger partial charge on any atom is -0.467 e. The zero-order chi connectivity index (χ0) is 16.1. The highest BCUT2D eigenvalue weighted by molar-refractivity contribution is 6.05. The van der Waals surface area contributed by atoms with E-state index in [1.165, 1.54) is 13.3 Å². The zero-order valence-electron chi connectivity index (χ0n) is 12.5. The summed E-state index contributed by atoms with van der Waals surface area (Å²) in [4.78, 5) is 22.2. The van der Waals surface area contributed by atoms with Gasteiger partial charge in [0.05, 0.1) is 24.9 Å². The summed E-state index contributed by atoms with van der Waals surface area (Å²) in [7, 11) is 5.09. The first kappa shape index (κ1) is 15.3. The Labute approximate surface area is 128 Å². The summed E-state index contributed by atoms with van der Waals surface area (Å²) >= 11 is 0. The van der Waals surface area contributed by atoms with Crippen LogP contribution < -0.4 is 15.0 Å². The number of anilines is 2. The van der Waals surface area contributed by atoms with Gasteiger partial charge in [-0.05, 0) is 24.3 Å². The molecule has 1 aromatic heterocycles. The lowest BCUT2D eigenvalue weighted by atomic mass is 10.1. The molecule has 2 rings (SSSR count). The smallest absolute Gasteiger partial charge is 0.318 e. The SMILES string of the molecule is COc1ncc(NC(=O)c2ccc(C#N)cc2)c(N(C)C)n1. The van der Waals surface area contributed by atoms with Crippen molar-refractivity contribution >= 4 is 17.4 Å². The van der Waals surface area contributed by atoms with Gasteiger partial charge in [-0.1, -0.05) is 0 Å². The fraction of sp³-hybridized carbons (Fsp3) is 0.200.